The van der Waals surface area contributed by atoms with Crippen LogP contribution >= 0.6 is 11.8 Å². The zero-order valence-electron chi connectivity index (χ0n) is 15.4. The fourth-order valence-corrected chi connectivity index (χ4v) is 4.51. The van der Waals surface area contributed by atoms with E-state index in [-0.39, 0.29) is 11.9 Å². The molecule has 1 heterocycles. The van der Waals surface area contributed by atoms with Crippen LogP contribution in [0.15, 0.2) is 71.9 Å². The van der Waals surface area contributed by atoms with Gasteiger partial charge in [0.1, 0.15) is 0 Å². The first-order chi connectivity index (χ1) is 13.7. The van der Waals surface area contributed by atoms with Gasteiger partial charge in [0.25, 0.3) is 0 Å². The normalized spacial score (nSPS) is 12.8. The molecule has 0 unspecified atom stereocenters. The number of aromatic nitrogens is 2. The van der Waals surface area contributed by atoms with Gasteiger partial charge in [0, 0.05) is 0 Å². The molecule has 1 aliphatic rings. The third kappa shape index (κ3) is 2.98. The van der Waals surface area contributed by atoms with Crippen molar-refractivity contribution in [3.63, 3.8) is 0 Å². The molecule has 0 spiro atoms. The van der Waals surface area contributed by atoms with Crippen LogP contribution < -0.4 is 5.32 Å². The highest BCUT2D eigenvalue weighted by atomic mass is 32.2. The maximum absolute atomic E-state index is 12.7. The first-order valence-electron chi connectivity index (χ1n) is 9.26. The number of nitrogens with one attached hydrogen (secondary N) is 2. The molecule has 28 heavy (non-hydrogen) atoms. The number of benzene rings is 3. The lowest BCUT2D eigenvalue weighted by atomic mass is 10.1. The smallest absolute Gasteiger partial charge is 0.231 e. The van der Waals surface area contributed by atoms with E-state index in [0.29, 0.717) is 5.75 Å². The van der Waals surface area contributed by atoms with Gasteiger partial charge < -0.3 is 10.3 Å². The number of carbonyl (C=O) groups is 1. The minimum Gasteiger partial charge on any atom is -0.344 e. The first-order valence-corrected chi connectivity index (χ1v) is 10.2. The Morgan fingerprint density at radius 2 is 1.71 bits per heavy atom. The van der Waals surface area contributed by atoms with Crippen LogP contribution in [0.25, 0.3) is 22.2 Å². The number of aryl methyl sites for hydroxylation is 1. The van der Waals surface area contributed by atoms with Gasteiger partial charge in [0.05, 0.1) is 22.8 Å². The highest BCUT2D eigenvalue weighted by Crippen LogP contribution is 2.43. The molecule has 1 aromatic heterocycles. The SMILES string of the molecule is Cc1ccc2nc(SCC(=O)NC3c4ccccc4-c4ccccc43)[nH]c2c1. The maximum Gasteiger partial charge on any atom is 0.231 e. The van der Waals surface area contributed by atoms with Crippen LogP contribution in [-0.4, -0.2) is 21.6 Å². The molecule has 0 atom stereocenters. The molecule has 0 saturated heterocycles. The third-order valence-electron chi connectivity index (χ3n) is 5.09. The summed E-state index contributed by atoms with van der Waals surface area (Å²) in [5.41, 5.74) is 7.81. The highest BCUT2D eigenvalue weighted by Gasteiger charge is 2.29. The predicted molar refractivity (Wildman–Crippen MR) is 113 cm³/mol. The van der Waals surface area contributed by atoms with E-state index in [1.807, 2.05) is 36.4 Å². The van der Waals surface area contributed by atoms with Crippen LogP contribution in [-0.2, 0) is 4.79 Å². The molecule has 4 nitrogen and oxygen atoms in total. The Morgan fingerprint density at radius 3 is 2.43 bits per heavy atom. The van der Waals surface area contributed by atoms with Gasteiger partial charge >= 0.3 is 0 Å². The summed E-state index contributed by atoms with van der Waals surface area (Å²) in [4.78, 5) is 20.5. The minimum absolute atomic E-state index is 0.00172. The molecule has 5 heteroatoms. The summed E-state index contributed by atoms with van der Waals surface area (Å²) < 4.78 is 0. The summed E-state index contributed by atoms with van der Waals surface area (Å²) in [5, 5.41) is 3.97. The number of fused-ring (bicyclic) bond motifs is 4. The van der Waals surface area contributed by atoms with E-state index in [9.17, 15) is 4.79 Å². The molecule has 4 aromatic rings. The van der Waals surface area contributed by atoms with Crippen LogP contribution in [0.3, 0.4) is 0 Å². The number of imidazole rings is 1. The van der Waals surface area contributed by atoms with Gasteiger partial charge in [-0.3, -0.25) is 4.79 Å². The van der Waals surface area contributed by atoms with Gasteiger partial charge in [0.15, 0.2) is 5.16 Å². The van der Waals surface area contributed by atoms with Crippen molar-refractivity contribution in [2.45, 2.75) is 18.1 Å². The quantitative estimate of drug-likeness (QED) is 0.494. The second-order valence-electron chi connectivity index (χ2n) is 7.03. The lowest BCUT2D eigenvalue weighted by Crippen LogP contribution is -2.29. The number of thioether (sulfide) groups is 1. The summed E-state index contributed by atoms with van der Waals surface area (Å²) in [7, 11) is 0. The molecule has 5 rings (SSSR count). The Morgan fingerprint density at radius 1 is 1.04 bits per heavy atom. The third-order valence-corrected chi connectivity index (χ3v) is 5.97. The predicted octanol–water partition coefficient (Wildman–Crippen LogP) is 4.85. The summed E-state index contributed by atoms with van der Waals surface area (Å²) >= 11 is 1.43. The van der Waals surface area contributed by atoms with Crippen LogP contribution in [0.1, 0.15) is 22.7 Å². The monoisotopic (exact) mass is 385 g/mol. The Hall–Kier alpha value is -3.05. The standard InChI is InChI=1S/C23H19N3OS/c1-14-10-11-19-20(12-14)25-23(24-19)28-13-21(27)26-22-17-8-4-2-6-15(17)16-7-3-5-9-18(16)22/h2-12,22H,13H2,1H3,(H,24,25)(H,26,27). The number of amides is 1. The number of H-pyrrole nitrogens is 1. The molecule has 3 aromatic carbocycles. The van der Waals surface area contributed by atoms with Crippen molar-refractivity contribution in [2.24, 2.45) is 0 Å². The molecule has 138 valence electrons. The van der Waals surface area contributed by atoms with Gasteiger partial charge in [-0.1, -0.05) is 66.4 Å². The van der Waals surface area contributed by atoms with Crippen molar-refractivity contribution in [1.82, 2.24) is 15.3 Å². The van der Waals surface area contributed by atoms with Gasteiger partial charge in [-0.05, 0) is 46.9 Å². The number of aromatic amines is 1. The molecule has 0 radical (unpaired) electrons. The van der Waals surface area contributed by atoms with Gasteiger partial charge in [0.2, 0.25) is 5.91 Å². The van der Waals surface area contributed by atoms with E-state index in [4.69, 9.17) is 0 Å². The summed E-state index contributed by atoms with van der Waals surface area (Å²) in [6, 6.07) is 22.6. The average Bonchev–Trinajstić information content (AvgIpc) is 3.26. The minimum atomic E-state index is -0.0983. The lowest BCUT2D eigenvalue weighted by molar-refractivity contribution is -0.119. The lowest BCUT2D eigenvalue weighted by Gasteiger charge is -2.15. The Labute approximate surface area is 167 Å². The first kappa shape index (κ1) is 17.1. The summed E-state index contributed by atoms with van der Waals surface area (Å²) in [6.45, 7) is 2.05. The van der Waals surface area contributed by atoms with E-state index < -0.39 is 0 Å². The fraction of sp³-hybridized carbons (Fsp3) is 0.130. The number of hydrogen-bond donors (Lipinski definition) is 2. The van der Waals surface area contributed by atoms with Gasteiger partial charge in [-0.15, -0.1) is 0 Å². The average molecular weight is 385 g/mol. The van der Waals surface area contributed by atoms with E-state index in [2.05, 4.69) is 52.5 Å². The second kappa shape index (κ2) is 6.84. The molecule has 0 saturated carbocycles. The van der Waals surface area contributed by atoms with Crippen LogP contribution in [0, 0.1) is 6.92 Å². The van der Waals surface area contributed by atoms with Gasteiger partial charge in [-0.2, -0.15) is 0 Å². The van der Waals surface area contributed by atoms with Gasteiger partial charge in [-0.25, -0.2) is 4.98 Å². The number of hydrogen-bond acceptors (Lipinski definition) is 3. The van der Waals surface area contributed by atoms with E-state index in [1.54, 1.807) is 0 Å². The molecule has 0 fully saturated rings. The molecule has 1 aliphatic carbocycles. The van der Waals surface area contributed by atoms with Crippen molar-refractivity contribution < 1.29 is 4.79 Å². The maximum atomic E-state index is 12.7. The topological polar surface area (TPSA) is 57.8 Å². The molecule has 0 bridgehead atoms. The largest absolute Gasteiger partial charge is 0.344 e. The zero-order chi connectivity index (χ0) is 19.1. The van der Waals surface area contributed by atoms with Crippen molar-refractivity contribution in [3.05, 3.63) is 83.4 Å². The summed E-state index contributed by atoms with van der Waals surface area (Å²) in [5.74, 6) is 0.317. The van der Waals surface area contributed by atoms with E-state index in [1.165, 1.54) is 28.5 Å². The van der Waals surface area contributed by atoms with E-state index >= 15 is 0 Å². The van der Waals surface area contributed by atoms with Crippen molar-refractivity contribution in [1.29, 1.82) is 0 Å². The van der Waals surface area contributed by atoms with Crippen LogP contribution in [0.4, 0.5) is 0 Å². The van der Waals surface area contributed by atoms with E-state index in [0.717, 1.165) is 27.3 Å². The fourth-order valence-electron chi connectivity index (χ4n) is 3.82. The number of nitrogens with zero attached hydrogens (tertiary/aromatic N) is 1. The second-order valence-corrected chi connectivity index (χ2v) is 7.99. The molecular formula is C23H19N3OS. The van der Waals surface area contributed by atoms with Crippen molar-refractivity contribution >= 4 is 28.7 Å². The zero-order valence-corrected chi connectivity index (χ0v) is 16.2. The Bertz CT molecular complexity index is 1150. The number of rotatable bonds is 4. The summed E-state index contributed by atoms with van der Waals surface area (Å²) in [6.07, 6.45) is 0. The molecule has 1 amide bonds. The van der Waals surface area contributed by atoms with Crippen LogP contribution in [0.5, 0.6) is 0 Å². The molecule has 0 aliphatic heterocycles. The van der Waals surface area contributed by atoms with Crippen molar-refractivity contribution in [2.75, 3.05) is 5.75 Å². The van der Waals surface area contributed by atoms with Crippen LogP contribution in [0.2, 0.25) is 0 Å². The molecule has 2 N–H and O–H groups in total. The highest BCUT2D eigenvalue weighted by molar-refractivity contribution is 7.99. The number of carbonyl (C=O) groups excluding carboxylic acids is 1. The Balaban J connectivity index is 1.33. The Kier molecular flexibility index (Phi) is 4.17. The molecular weight excluding hydrogens is 366 g/mol. The van der Waals surface area contributed by atoms with Crippen molar-refractivity contribution in [3.8, 4) is 11.1 Å².